The molecule has 2 heterocycles. The number of carbonyl (C=O) groups excluding carboxylic acids is 3. The molecule has 1 atom stereocenters. The number of imide groups is 1. The Balaban J connectivity index is 1.47. The van der Waals surface area contributed by atoms with Crippen molar-refractivity contribution in [3.8, 4) is 11.4 Å². The first-order valence-corrected chi connectivity index (χ1v) is 11.5. The first-order chi connectivity index (χ1) is 15.4. The smallest absolute Gasteiger partial charge is 0.254 e. The largest absolute Gasteiger partial charge is 0.332 e. The summed E-state index contributed by atoms with van der Waals surface area (Å²) in [5, 5.41) is 6.81. The second-order valence-electron chi connectivity index (χ2n) is 9.25. The normalized spacial score (nSPS) is 21.3. The summed E-state index contributed by atoms with van der Waals surface area (Å²) in [6, 6.07) is 5.69. The van der Waals surface area contributed by atoms with Gasteiger partial charge in [-0.2, -0.15) is 5.10 Å². The lowest BCUT2D eigenvalue weighted by Gasteiger charge is -2.25. The molecule has 8 nitrogen and oxygen atoms in total. The summed E-state index contributed by atoms with van der Waals surface area (Å²) < 4.78 is 1.91. The molecular formula is C24H31N5O3. The van der Waals surface area contributed by atoms with Crippen molar-refractivity contribution < 1.29 is 14.4 Å². The van der Waals surface area contributed by atoms with Crippen molar-refractivity contribution in [3.63, 3.8) is 0 Å². The van der Waals surface area contributed by atoms with E-state index in [9.17, 15) is 14.4 Å². The fraction of sp³-hybridized carbons (Fsp3) is 0.542. The molecule has 1 N–H and O–H groups in total. The Morgan fingerprint density at radius 3 is 2.75 bits per heavy atom. The summed E-state index contributed by atoms with van der Waals surface area (Å²) in [6.07, 6.45) is 5.87. The molecule has 1 aliphatic heterocycles. The van der Waals surface area contributed by atoms with Gasteiger partial charge in [-0.05, 0) is 49.8 Å². The summed E-state index contributed by atoms with van der Waals surface area (Å²) in [5.41, 5.74) is 2.56. The average molecular weight is 438 g/mol. The van der Waals surface area contributed by atoms with Crippen LogP contribution in [0.4, 0.5) is 0 Å². The van der Waals surface area contributed by atoms with Gasteiger partial charge in [0.1, 0.15) is 5.82 Å². The van der Waals surface area contributed by atoms with Crippen molar-refractivity contribution in [2.24, 2.45) is 13.0 Å². The standard InChI is InChI=1S/C24H31N5O3/c1-15-4-7-17(8-5-15)23-26-22(27-28(23)3)18-9-10-20-19(12-18)13-29(24(20)32)16(2)6-11-21(31)25-14-30/h9-10,12,14-17H,4-8,11,13H2,1-3H3,(H,25,30,31). The molecule has 2 aromatic rings. The lowest BCUT2D eigenvalue weighted by Crippen LogP contribution is -2.34. The molecule has 4 rings (SSSR count). The fourth-order valence-electron chi connectivity index (χ4n) is 4.86. The zero-order valence-electron chi connectivity index (χ0n) is 19.0. The van der Waals surface area contributed by atoms with Crippen molar-refractivity contribution in [1.29, 1.82) is 0 Å². The monoisotopic (exact) mass is 437 g/mol. The molecule has 8 heteroatoms. The molecule has 1 saturated carbocycles. The number of hydrogen-bond acceptors (Lipinski definition) is 5. The minimum absolute atomic E-state index is 0.0270. The Morgan fingerprint density at radius 2 is 2.03 bits per heavy atom. The summed E-state index contributed by atoms with van der Waals surface area (Å²) in [5.74, 6) is 2.64. The van der Waals surface area contributed by atoms with Gasteiger partial charge in [0.25, 0.3) is 5.91 Å². The van der Waals surface area contributed by atoms with Crippen molar-refractivity contribution in [3.05, 3.63) is 35.2 Å². The van der Waals surface area contributed by atoms with Crippen LogP contribution in [0.2, 0.25) is 0 Å². The molecule has 170 valence electrons. The highest BCUT2D eigenvalue weighted by Gasteiger charge is 2.31. The first-order valence-electron chi connectivity index (χ1n) is 11.5. The molecule has 32 heavy (non-hydrogen) atoms. The van der Waals surface area contributed by atoms with E-state index in [4.69, 9.17) is 4.98 Å². The lowest BCUT2D eigenvalue weighted by molar-refractivity contribution is -0.125. The Kier molecular flexibility index (Phi) is 6.39. The molecule has 1 unspecified atom stereocenters. The number of rotatable bonds is 7. The third-order valence-electron chi connectivity index (χ3n) is 6.91. The Bertz CT molecular complexity index is 1020. The highest BCUT2D eigenvalue weighted by molar-refractivity contribution is 5.99. The molecule has 0 saturated heterocycles. The number of aromatic nitrogens is 3. The van der Waals surface area contributed by atoms with Gasteiger partial charge >= 0.3 is 0 Å². The van der Waals surface area contributed by atoms with E-state index in [0.29, 0.717) is 36.7 Å². The third kappa shape index (κ3) is 4.45. The van der Waals surface area contributed by atoms with E-state index < -0.39 is 0 Å². The molecule has 1 aliphatic carbocycles. The second-order valence-corrected chi connectivity index (χ2v) is 9.25. The molecular weight excluding hydrogens is 406 g/mol. The highest BCUT2D eigenvalue weighted by Crippen LogP contribution is 2.36. The molecule has 3 amide bonds. The predicted octanol–water partition coefficient (Wildman–Crippen LogP) is 3.17. The van der Waals surface area contributed by atoms with Gasteiger partial charge in [-0.25, -0.2) is 4.98 Å². The SMILES string of the molecule is CC1CCC(c2nc(-c3ccc4c(c3)CN(C(C)CCC(=O)NC=O)C4=O)nn2C)CC1. The van der Waals surface area contributed by atoms with E-state index in [0.717, 1.165) is 35.7 Å². The Hall–Kier alpha value is -3.03. The summed E-state index contributed by atoms with van der Waals surface area (Å²) >= 11 is 0. The summed E-state index contributed by atoms with van der Waals surface area (Å²) in [4.78, 5) is 41.5. The van der Waals surface area contributed by atoms with Crippen LogP contribution in [0.1, 0.15) is 80.0 Å². The molecule has 1 aromatic heterocycles. The van der Waals surface area contributed by atoms with E-state index in [1.807, 2.05) is 36.9 Å². The number of hydrogen-bond donors (Lipinski definition) is 1. The molecule has 0 spiro atoms. The molecule has 0 radical (unpaired) electrons. The molecule has 0 bridgehead atoms. The van der Waals surface area contributed by atoms with Crippen LogP contribution in [0.3, 0.4) is 0 Å². The van der Waals surface area contributed by atoms with Gasteiger partial charge in [-0.1, -0.05) is 25.8 Å². The number of nitrogens with zero attached hydrogens (tertiary/aromatic N) is 4. The van der Waals surface area contributed by atoms with Gasteiger partial charge in [0, 0.05) is 43.1 Å². The highest BCUT2D eigenvalue weighted by atomic mass is 16.2. The van der Waals surface area contributed by atoms with Crippen LogP contribution in [0, 0.1) is 5.92 Å². The Morgan fingerprint density at radius 1 is 1.28 bits per heavy atom. The minimum atomic E-state index is -0.331. The predicted molar refractivity (Wildman–Crippen MR) is 120 cm³/mol. The molecule has 1 aromatic carbocycles. The minimum Gasteiger partial charge on any atom is -0.332 e. The van der Waals surface area contributed by atoms with Gasteiger partial charge in [-0.15, -0.1) is 0 Å². The molecule has 2 aliphatic rings. The summed E-state index contributed by atoms with van der Waals surface area (Å²) in [7, 11) is 1.96. The Labute approximate surface area is 188 Å². The van der Waals surface area contributed by atoms with Crippen LogP contribution >= 0.6 is 0 Å². The van der Waals surface area contributed by atoms with E-state index in [1.54, 1.807) is 4.90 Å². The maximum atomic E-state index is 12.9. The lowest BCUT2D eigenvalue weighted by atomic mass is 9.82. The topological polar surface area (TPSA) is 97.2 Å². The number of amides is 3. The first kappa shape index (κ1) is 22.2. The molecule has 1 fully saturated rings. The van der Waals surface area contributed by atoms with Crippen molar-refractivity contribution in [2.45, 2.75) is 70.9 Å². The van der Waals surface area contributed by atoms with Gasteiger partial charge in [0.05, 0.1) is 0 Å². The van der Waals surface area contributed by atoms with Crippen LogP contribution in [-0.4, -0.2) is 43.9 Å². The van der Waals surface area contributed by atoms with E-state index in [-0.39, 0.29) is 24.3 Å². The maximum Gasteiger partial charge on any atom is 0.254 e. The third-order valence-corrected chi connectivity index (χ3v) is 6.91. The van der Waals surface area contributed by atoms with Crippen LogP contribution < -0.4 is 5.32 Å². The number of carbonyl (C=O) groups is 3. The summed E-state index contributed by atoms with van der Waals surface area (Å²) in [6.45, 7) is 4.74. The quantitative estimate of drug-likeness (QED) is 0.671. The van der Waals surface area contributed by atoms with Crippen LogP contribution in [0.15, 0.2) is 18.2 Å². The maximum absolute atomic E-state index is 12.9. The number of fused-ring (bicyclic) bond motifs is 1. The van der Waals surface area contributed by atoms with Crippen LogP contribution in [0.5, 0.6) is 0 Å². The van der Waals surface area contributed by atoms with Gasteiger partial charge in [0.15, 0.2) is 5.82 Å². The fourth-order valence-corrected chi connectivity index (χ4v) is 4.86. The van der Waals surface area contributed by atoms with E-state index in [1.165, 1.54) is 12.8 Å². The van der Waals surface area contributed by atoms with Gasteiger partial charge in [-0.3, -0.25) is 24.4 Å². The van der Waals surface area contributed by atoms with E-state index >= 15 is 0 Å². The number of aryl methyl sites for hydroxylation is 1. The van der Waals surface area contributed by atoms with Crippen molar-refractivity contribution in [1.82, 2.24) is 25.0 Å². The van der Waals surface area contributed by atoms with Crippen LogP contribution in [0.25, 0.3) is 11.4 Å². The zero-order valence-corrected chi connectivity index (χ0v) is 19.0. The number of benzene rings is 1. The average Bonchev–Trinajstić information content (AvgIpc) is 3.33. The van der Waals surface area contributed by atoms with E-state index in [2.05, 4.69) is 17.3 Å². The van der Waals surface area contributed by atoms with Crippen molar-refractivity contribution in [2.75, 3.05) is 0 Å². The second kappa shape index (κ2) is 9.22. The van der Waals surface area contributed by atoms with Crippen LogP contribution in [-0.2, 0) is 23.2 Å². The zero-order chi connectivity index (χ0) is 22.8. The van der Waals surface area contributed by atoms with Gasteiger partial charge in [0.2, 0.25) is 12.3 Å². The van der Waals surface area contributed by atoms with Crippen molar-refractivity contribution >= 4 is 18.2 Å². The van der Waals surface area contributed by atoms with Gasteiger partial charge < -0.3 is 4.90 Å². The number of nitrogens with one attached hydrogen (secondary N) is 1.